The van der Waals surface area contributed by atoms with Gasteiger partial charge in [0, 0.05) is 13.5 Å². The summed E-state index contributed by atoms with van der Waals surface area (Å²) in [6.07, 6.45) is 0. The van der Waals surface area contributed by atoms with Crippen LogP contribution in [0.15, 0.2) is 84.9 Å². The van der Waals surface area contributed by atoms with Crippen LogP contribution in [0.2, 0.25) is 0 Å². The van der Waals surface area contributed by atoms with E-state index in [0.717, 1.165) is 21.7 Å². The minimum Gasteiger partial charge on any atom is -0.288 e. The highest BCUT2D eigenvalue weighted by molar-refractivity contribution is 7.88. The SMILES string of the molecule is Cc1ccccc1C(=O)P(c1ccccc1)c1ccccc1. The molecule has 0 spiro atoms. The van der Waals surface area contributed by atoms with Crippen LogP contribution in [0.5, 0.6) is 0 Å². The van der Waals surface area contributed by atoms with Gasteiger partial charge in [-0.2, -0.15) is 0 Å². The maximum absolute atomic E-state index is 13.2. The van der Waals surface area contributed by atoms with E-state index >= 15 is 0 Å². The highest BCUT2D eigenvalue weighted by Gasteiger charge is 2.24. The van der Waals surface area contributed by atoms with E-state index in [9.17, 15) is 4.79 Å². The van der Waals surface area contributed by atoms with Gasteiger partial charge >= 0.3 is 0 Å². The zero-order valence-corrected chi connectivity index (χ0v) is 13.3. The van der Waals surface area contributed by atoms with Crippen molar-refractivity contribution >= 4 is 24.1 Å². The molecule has 3 aromatic rings. The lowest BCUT2D eigenvalue weighted by Crippen LogP contribution is -2.18. The molecular weight excluding hydrogens is 287 g/mol. The summed E-state index contributed by atoms with van der Waals surface area (Å²) in [7, 11) is -1.04. The smallest absolute Gasteiger partial charge is 0.193 e. The van der Waals surface area contributed by atoms with Gasteiger partial charge in [0.25, 0.3) is 0 Å². The van der Waals surface area contributed by atoms with E-state index in [-0.39, 0.29) is 5.52 Å². The Hall–Kier alpha value is -2.24. The Morgan fingerprint density at radius 2 is 1.14 bits per heavy atom. The third-order valence-corrected chi connectivity index (χ3v) is 5.88. The molecule has 0 saturated heterocycles. The van der Waals surface area contributed by atoms with Gasteiger partial charge in [0.05, 0.1) is 0 Å². The molecule has 0 heterocycles. The average molecular weight is 304 g/mol. The molecule has 0 aliphatic heterocycles. The van der Waals surface area contributed by atoms with Crippen LogP contribution in [0.1, 0.15) is 15.9 Å². The maximum Gasteiger partial charge on any atom is 0.193 e. The van der Waals surface area contributed by atoms with E-state index in [1.54, 1.807) is 0 Å². The predicted molar refractivity (Wildman–Crippen MR) is 94.6 cm³/mol. The fourth-order valence-electron chi connectivity index (χ4n) is 2.47. The summed E-state index contributed by atoms with van der Waals surface area (Å²) in [6.45, 7) is 2.00. The molecule has 3 rings (SSSR count). The average Bonchev–Trinajstić information content (AvgIpc) is 2.57. The molecule has 0 saturated carbocycles. The highest BCUT2D eigenvalue weighted by atomic mass is 31.1. The zero-order valence-electron chi connectivity index (χ0n) is 12.4. The zero-order chi connectivity index (χ0) is 15.4. The van der Waals surface area contributed by atoms with E-state index in [1.807, 2.05) is 67.6 Å². The molecule has 0 aromatic heterocycles. The molecule has 1 nitrogen and oxygen atoms in total. The Balaban J connectivity index is 2.11. The third kappa shape index (κ3) is 3.00. The lowest BCUT2D eigenvalue weighted by Gasteiger charge is -2.18. The number of carbonyl (C=O) groups excluding carboxylic acids is 1. The Morgan fingerprint density at radius 1 is 0.682 bits per heavy atom. The van der Waals surface area contributed by atoms with Crippen molar-refractivity contribution in [1.29, 1.82) is 0 Å². The topological polar surface area (TPSA) is 17.1 Å². The van der Waals surface area contributed by atoms with Crippen molar-refractivity contribution in [2.24, 2.45) is 0 Å². The lowest BCUT2D eigenvalue weighted by atomic mass is 10.1. The van der Waals surface area contributed by atoms with Gasteiger partial charge in [-0.05, 0) is 23.1 Å². The summed E-state index contributed by atoms with van der Waals surface area (Å²) in [4.78, 5) is 13.2. The van der Waals surface area contributed by atoms with Crippen LogP contribution in [0.25, 0.3) is 0 Å². The lowest BCUT2D eigenvalue weighted by molar-refractivity contribution is 0.108. The standard InChI is InChI=1S/C20H17OP/c1-16-10-8-9-15-19(16)20(21)22(17-11-4-2-5-12-17)18-13-6-3-7-14-18/h2-15H,1H3. The van der Waals surface area contributed by atoms with Crippen LogP contribution in [-0.4, -0.2) is 5.52 Å². The molecule has 0 radical (unpaired) electrons. The van der Waals surface area contributed by atoms with Crippen molar-refractivity contribution in [2.75, 3.05) is 0 Å². The van der Waals surface area contributed by atoms with Crippen LogP contribution >= 0.6 is 7.92 Å². The molecule has 0 fully saturated rings. The van der Waals surface area contributed by atoms with Crippen molar-refractivity contribution in [3.63, 3.8) is 0 Å². The van der Waals surface area contributed by atoms with Crippen molar-refractivity contribution in [3.05, 3.63) is 96.1 Å². The Kier molecular flexibility index (Phi) is 4.46. The Labute approximate surface area is 132 Å². The number of carbonyl (C=O) groups is 1. The monoisotopic (exact) mass is 304 g/mol. The van der Waals surface area contributed by atoms with Crippen molar-refractivity contribution < 1.29 is 4.79 Å². The second-order valence-corrected chi connectivity index (χ2v) is 7.24. The highest BCUT2D eigenvalue weighted by Crippen LogP contribution is 2.38. The van der Waals surface area contributed by atoms with Gasteiger partial charge in [-0.1, -0.05) is 84.9 Å². The summed E-state index contributed by atoms with van der Waals surface area (Å²) < 4.78 is 0. The first-order valence-corrected chi connectivity index (χ1v) is 8.62. The van der Waals surface area contributed by atoms with E-state index in [0.29, 0.717) is 0 Å². The maximum atomic E-state index is 13.2. The number of hydrogen-bond acceptors (Lipinski definition) is 1. The molecule has 0 unspecified atom stereocenters. The van der Waals surface area contributed by atoms with Crippen molar-refractivity contribution in [2.45, 2.75) is 6.92 Å². The molecule has 0 aliphatic rings. The van der Waals surface area contributed by atoms with Gasteiger partial charge in [0.15, 0.2) is 5.52 Å². The van der Waals surface area contributed by atoms with Crippen molar-refractivity contribution in [3.8, 4) is 0 Å². The van der Waals surface area contributed by atoms with E-state index in [4.69, 9.17) is 0 Å². The number of rotatable bonds is 4. The van der Waals surface area contributed by atoms with Gasteiger partial charge in [-0.3, -0.25) is 4.79 Å². The van der Waals surface area contributed by atoms with E-state index in [2.05, 4.69) is 24.3 Å². The molecule has 2 heteroatoms. The normalized spacial score (nSPS) is 10.6. The fourth-order valence-corrected chi connectivity index (χ4v) is 4.67. The Bertz CT molecular complexity index is 726. The van der Waals surface area contributed by atoms with E-state index in [1.165, 1.54) is 0 Å². The number of hydrogen-bond donors (Lipinski definition) is 0. The first kappa shape index (κ1) is 14.7. The summed E-state index contributed by atoms with van der Waals surface area (Å²) in [6, 6.07) is 28.0. The Morgan fingerprint density at radius 3 is 1.64 bits per heavy atom. The molecule has 108 valence electrons. The summed E-state index contributed by atoms with van der Waals surface area (Å²) in [5, 5.41) is 2.19. The number of aryl methyl sites for hydroxylation is 1. The largest absolute Gasteiger partial charge is 0.288 e. The molecule has 0 aliphatic carbocycles. The summed E-state index contributed by atoms with van der Waals surface area (Å²) in [5.41, 5.74) is 2.07. The van der Waals surface area contributed by atoms with Gasteiger partial charge in [0.2, 0.25) is 0 Å². The van der Waals surface area contributed by atoms with Crippen LogP contribution in [0.4, 0.5) is 0 Å². The minimum atomic E-state index is -1.04. The molecular formula is C20H17OP. The minimum absolute atomic E-state index is 0.213. The van der Waals surface area contributed by atoms with Crippen LogP contribution in [0, 0.1) is 6.92 Å². The molecule has 0 bridgehead atoms. The van der Waals surface area contributed by atoms with Crippen LogP contribution < -0.4 is 10.6 Å². The fraction of sp³-hybridized carbons (Fsp3) is 0.0500. The first-order valence-electron chi connectivity index (χ1n) is 7.27. The summed E-state index contributed by atoms with van der Waals surface area (Å²) in [5.74, 6) is 0. The molecule has 0 atom stereocenters. The predicted octanol–water partition coefficient (Wildman–Crippen LogP) is 4.27. The van der Waals surface area contributed by atoms with Gasteiger partial charge in [0.1, 0.15) is 0 Å². The molecule has 3 aromatic carbocycles. The molecule has 0 amide bonds. The number of benzene rings is 3. The van der Waals surface area contributed by atoms with Gasteiger partial charge in [-0.15, -0.1) is 0 Å². The molecule has 0 N–H and O–H groups in total. The van der Waals surface area contributed by atoms with Gasteiger partial charge < -0.3 is 0 Å². The second-order valence-electron chi connectivity index (χ2n) is 5.13. The van der Waals surface area contributed by atoms with Crippen LogP contribution in [-0.2, 0) is 0 Å². The summed E-state index contributed by atoms with van der Waals surface area (Å²) >= 11 is 0. The second kappa shape index (κ2) is 6.68. The quantitative estimate of drug-likeness (QED) is 0.658. The van der Waals surface area contributed by atoms with Gasteiger partial charge in [-0.25, -0.2) is 0 Å². The van der Waals surface area contributed by atoms with E-state index < -0.39 is 7.92 Å². The third-order valence-electron chi connectivity index (χ3n) is 3.61. The first-order chi connectivity index (χ1) is 10.8. The van der Waals surface area contributed by atoms with Crippen molar-refractivity contribution in [1.82, 2.24) is 0 Å². The molecule has 22 heavy (non-hydrogen) atoms. The van der Waals surface area contributed by atoms with Crippen LogP contribution in [0.3, 0.4) is 0 Å².